The average Bonchev–Trinajstić information content (AvgIpc) is 2.05. The Balaban J connectivity index is 2.10. The second-order valence-corrected chi connectivity index (χ2v) is 2.82. The van der Waals surface area contributed by atoms with Crippen LogP contribution < -0.4 is 16.0 Å². The molecule has 1 rings (SSSR count). The van der Waals surface area contributed by atoms with E-state index in [9.17, 15) is 0 Å². The van der Waals surface area contributed by atoms with E-state index in [0.717, 1.165) is 39.4 Å². The Morgan fingerprint density at radius 1 is 1.00 bits per heavy atom. The maximum absolute atomic E-state index is 4.23. The van der Waals surface area contributed by atoms with Crippen molar-refractivity contribution in [2.75, 3.05) is 39.4 Å². The van der Waals surface area contributed by atoms with E-state index in [1.165, 1.54) is 6.42 Å². The van der Waals surface area contributed by atoms with Crippen LogP contribution in [0.15, 0.2) is 4.99 Å². The van der Waals surface area contributed by atoms with Crippen molar-refractivity contribution < 1.29 is 0 Å². The van der Waals surface area contributed by atoms with E-state index in [0.29, 0.717) is 0 Å². The molecule has 0 aromatic rings. The molecular weight excluding hydrogens is 152 g/mol. The first-order chi connectivity index (χ1) is 6.00. The van der Waals surface area contributed by atoms with Crippen molar-refractivity contribution in [3.05, 3.63) is 0 Å². The molecule has 0 atom stereocenters. The van der Waals surface area contributed by atoms with Gasteiger partial charge in [0.15, 0.2) is 0 Å². The third-order valence-corrected chi connectivity index (χ3v) is 1.74. The molecule has 0 saturated carbocycles. The lowest BCUT2D eigenvalue weighted by Crippen LogP contribution is -2.33. The number of hydrogen-bond donors (Lipinski definition) is 3. The van der Waals surface area contributed by atoms with Crippen LogP contribution in [-0.2, 0) is 0 Å². The molecule has 1 aliphatic rings. The summed E-state index contributed by atoms with van der Waals surface area (Å²) in [6.07, 6.45) is 3.13. The van der Waals surface area contributed by atoms with Crippen LogP contribution in [0.1, 0.15) is 6.42 Å². The van der Waals surface area contributed by atoms with Crippen LogP contribution in [0.3, 0.4) is 0 Å². The van der Waals surface area contributed by atoms with Gasteiger partial charge in [0.1, 0.15) is 0 Å². The van der Waals surface area contributed by atoms with Crippen molar-refractivity contribution in [1.82, 2.24) is 16.0 Å². The van der Waals surface area contributed by atoms with E-state index < -0.39 is 0 Å². The minimum Gasteiger partial charge on any atom is -0.312 e. The van der Waals surface area contributed by atoms with E-state index in [1.807, 2.05) is 6.21 Å². The quantitative estimate of drug-likeness (QED) is 0.445. The van der Waals surface area contributed by atoms with Crippen LogP contribution in [0.2, 0.25) is 0 Å². The Labute approximate surface area is 73.8 Å². The number of nitrogens with zero attached hydrogens (tertiary/aromatic N) is 1. The molecular formula is C8H18N4. The summed E-state index contributed by atoms with van der Waals surface area (Å²) in [6.45, 7) is 5.79. The van der Waals surface area contributed by atoms with Crippen molar-refractivity contribution in [2.45, 2.75) is 6.42 Å². The first-order valence-electron chi connectivity index (χ1n) is 4.60. The van der Waals surface area contributed by atoms with Gasteiger partial charge < -0.3 is 16.0 Å². The summed E-state index contributed by atoms with van der Waals surface area (Å²) in [5.41, 5.74) is 0. The zero-order valence-corrected chi connectivity index (χ0v) is 7.47. The first kappa shape index (κ1) is 9.64. The molecule has 0 saturated heterocycles. The van der Waals surface area contributed by atoms with Crippen molar-refractivity contribution >= 4 is 6.21 Å². The molecule has 0 aliphatic carbocycles. The van der Waals surface area contributed by atoms with E-state index in [2.05, 4.69) is 20.9 Å². The van der Waals surface area contributed by atoms with Gasteiger partial charge in [-0.3, -0.25) is 4.99 Å². The normalized spacial score (nSPS) is 22.7. The van der Waals surface area contributed by atoms with Gasteiger partial charge in [-0.25, -0.2) is 0 Å². The largest absolute Gasteiger partial charge is 0.312 e. The van der Waals surface area contributed by atoms with Gasteiger partial charge >= 0.3 is 0 Å². The summed E-state index contributed by atoms with van der Waals surface area (Å²) < 4.78 is 0. The number of hydrogen-bond acceptors (Lipinski definition) is 4. The molecule has 1 heterocycles. The van der Waals surface area contributed by atoms with Crippen molar-refractivity contribution in [1.29, 1.82) is 0 Å². The summed E-state index contributed by atoms with van der Waals surface area (Å²) >= 11 is 0. The van der Waals surface area contributed by atoms with Crippen molar-refractivity contribution in [2.24, 2.45) is 4.99 Å². The fraction of sp³-hybridized carbons (Fsp3) is 0.875. The average molecular weight is 170 g/mol. The molecule has 4 nitrogen and oxygen atoms in total. The molecule has 12 heavy (non-hydrogen) atoms. The molecule has 0 unspecified atom stereocenters. The molecule has 0 aromatic carbocycles. The van der Waals surface area contributed by atoms with Crippen LogP contribution in [0.4, 0.5) is 0 Å². The Hall–Kier alpha value is -0.450. The molecule has 0 spiro atoms. The summed E-state index contributed by atoms with van der Waals surface area (Å²) in [7, 11) is 0. The highest BCUT2D eigenvalue weighted by molar-refractivity contribution is 5.59. The van der Waals surface area contributed by atoms with Gasteiger partial charge in [-0.05, 0) is 19.5 Å². The third-order valence-electron chi connectivity index (χ3n) is 1.74. The predicted octanol–water partition coefficient (Wildman–Crippen LogP) is -0.813. The van der Waals surface area contributed by atoms with Gasteiger partial charge in [-0.2, -0.15) is 0 Å². The minimum absolute atomic E-state index is 0.878. The highest BCUT2D eigenvalue weighted by Gasteiger charge is 1.89. The molecule has 1 aliphatic heterocycles. The second kappa shape index (κ2) is 7.21. The number of aliphatic imine (C=N–C) groups is 1. The topological polar surface area (TPSA) is 48.5 Å². The summed E-state index contributed by atoms with van der Waals surface area (Å²) in [5, 5.41) is 9.85. The fourth-order valence-corrected chi connectivity index (χ4v) is 1.07. The molecule has 0 aromatic heterocycles. The minimum atomic E-state index is 0.878. The van der Waals surface area contributed by atoms with E-state index in [1.54, 1.807) is 0 Å². The molecule has 3 N–H and O–H groups in total. The van der Waals surface area contributed by atoms with E-state index in [-0.39, 0.29) is 0 Å². The molecule has 0 fully saturated rings. The van der Waals surface area contributed by atoms with Gasteiger partial charge in [0, 0.05) is 26.0 Å². The van der Waals surface area contributed by atoms with E-state index >= 15 is 0 Å². The monoisotopic (exact) mass is 170 g/mol. The summed E-state index contributed by atoms with van der Waals surface area (Å²) in [5.74, 6) is 0. The number of rotatable bonds is 0. The lowest BCUT2D eigenvalue weighted by molar-refractivity contribution is 0.560. The van der Waals surface area contributed by atoms with Gasteiger partial charge in [-0.1, -0.05) is 0 Å². The lowest BCUT2D eigenvalue weighted by Gasteiger charge is -2.07. The SMILES string of the molecule is C1=NCCNCNCCCNC1. The Morgan fingerprint density at radius 3 is 2.83 bits per heavy atom. The summed E-state index contributed by atoms with van der Waals surface area (Å²) in [4.78, 5) is 4.23. The zero-order chi connectivity index (χ0) is 8.49. The fourth-order valence-electron chi connectivity index (χ4n) is 1.07. The molecule has 0 radical (unpaired) electrons. The maximum atomic E-state index is 4.23. The molecule has 70 valence electrons. The predicted molar refractivity (Wildman–Crippen MR) is 51.7 cm³/mol. The van der Waals surface area contributed by atoms with Crippen LogP contribution in [0.5, 0.6) is 0 Å². The van der Waals surface area contributed by atoms with Gasteiger partial charge in [0.2, 0.25) is 0 Å². The van der Waals surface area contributed by atoms with Crippen LogP contribution in [0.25, 0.3) is 0 Å². The molecule has 0 amide bonds. The van der Waals surface area contributed by atoms with E-state index in [4.69, 9.17) is 0 Å². The maximum Gasteiger partial charge on any atom is 0.0511 e. The van der Waals surface area contributed by atoms with Crippen molar-refractivity contribution in [3.63, 3.8) is 0 Å². The van der Waals surface area contributed by atoms with Gasteiger partial charge in [-0.15, -0.1) is 0 Å². The highest BCUT2D eigenvalue weighted by Crippen LogP contribution is 1.73. The smallest absolute Gasteiger partial charge is 0.0511 e. The third kappa shape index (κ3) is 5.23. The zero-order valence-electron chi connectivity index (χ0n) is 7.47. The standard InChI is InChI=1S/C8H18N4/c1-2-9-4-5-10-6-7-12-8-11-3-1/h5,9,11-12H,1-4,6-8H2. The Morgan fingerprint density at radius 2 is 1.83 bits per heavy atom. The Bertz CT molecular complexity index is 110. The molecule has 4 heteroatoms. The lowest BCUT2D eigenvalue weighted by atomic mass is 10.4. The first-order valence-corrected chi connectivity index (χ1v) is 4.60. The van der Waals surface area contributed by atoms with Gasteiger partial charge in [0.05, 0.1) is 6.54 Å². The Kier molecular flexibility index (Phi) is 5.79. The van der Waals surface area contributed by atoms with Crippen LogP contribution in [-0.4, -0.2) is 45.6 Å². The highest BCUT2D eigenvalue weighted by atomic mass is 15.1. The van der Waals surface area contributed by atoms with Crippen LogP contribution >= 0.6 is 0 Å². The molecule has 0 bridgehead atoms. The van der Waals surface area contributed by atoms with Gasteiger partial charge in [0.25, 0.3) is 0 Å². The van der Waals surface area contributed by atoms with Crippen molar-refractivity contribution in [3.8, 4) is 0 Å². The summed E-state index contributed by atoms with van der Waals surface area (Å²) in [6, 6.07) is 0. The number of nitrogens with one attached hydrogen (secondary N) is 3. The second-order valence-electron chi connectivity index (χ2n) is 2.82. The van der Waals surface area contributed by atoms with Crippen LogP contribution in [0, 0.1) is 0 Å².